The Hall–Kier alpha value is -2.06. The highest BCUT2D eigenvalue weighted by atomic mass is 16.5. The fourth-order valence-electron chi connectivity index (χ4n) is 3.96. The van der Waals surface area contributed by atoms with Crippen LogP contribution in [0, 0.1) is 6.92 Å². The molecule has 0 radical (unpaired) electrons. The first-order chi connectivity index (χ1) is 12.9. The van der Waals surface area contributed by atoms with Gasteiger partial charge in [-0.15, -0.1) is 0 Å². The summed E-state index contributed by atoms with van der Waals surface area (Å²) in [6.45, 7) is 5.24. The van der Waals surface area contributed by atoms with Crippen molar-refractivity contribution in [2.24, 2.45) is 11.5 Å². The van der Waals surface area contributed by atoms with E-state index in [4.69, 9.17) is 16.0 Å². The van der Waals surface area contributed by atoms with Crippen LogP contribution in [-0.2, 0) is 0 Å². The van der Waals surface area contributed by atoms with Gasteiger partial charge in [0, 0.05) is 37.8 Å². The molecule has 27 heavy (non-hydrogen) atoms. The lowest BCUT2D eigenvalue weighted by atomic mass is 9.91. The largest absolute Gasteiger partial charge is 0.402 e. The number of aliphatic hydroxyl groups excluding tert-OH is 1. The van der Waals surface area contributed by atoms with Crippen molar-refractivity contribution >= 4 is 5.57 Å². The summed E-state index contributed by atoms with van der Waals surface area (Å²) < 4.78 is 5.10. The van der Waals surface area contributed by atoms with Gasteiger partial charge >= 0.3 is 0 Å². The first-order valence-corrected chi connectivity index (χ1v) is 9.87. The quantitative estimate of drug-likeness (QED) is 0.565. The van der Waals surface area contributed by atoms with Crippen LogP contribution in [0.4, 0.5) is 0 Å². The third kappa shape index (κ3) is 5.01. The summed E-state index contributed by atoms with van der Waals surface area (Å²) >= 11 is 0. The summed E-state index contributed by atoms with van der Waals surface area (Å²) in [4.78, 5) is 6.45. The zero-order chi connectivity index (χ0) is 19.4. The Balaban J connectivity index is 1.66. The van der Waals surface area contributed by atoms with E-state index in [1.54, 1.807) is 13.0 Å². The number of hydrogen-bond donors (Lipinski definition) is 4. The molecule has 1 unspecified atom stereocenters. The molecule has 8 nitrogen and oxygen atoms in total. The van der Waals surface area contributed by atoms with Crippen molar-refractivity contribution < 1.29 is 9.63 Å². The lowest BCUT2D eigenvalue weighted by Crippen LogP contribution is -2.51. The molecular formula is C19H32N6O2. The molecule has 150 valence electrons. The molecular weight excluding hydrogens is 344 g/mol. The summed E-state index contributed by atoms with van der Waals surface area (Å²) in [7, 11) is 0. The highest BCUT2D eigenvalue weighted by molar-refractivity contribution is 5.72. The SMILES string of the molecule is C/C(N)=C/C(=C(\N)N1CCC(NC2CCCC[C@@H]2O)CC1)c1noc(C)n1. The normalized spacial score (nSPS) is 26.2. The predicted molar refractivity (Wildman–Crippen MR) is 104 cm³/mol. The number of nitrogens with two attached hydrogens (primary N) is 2. The highest BCUT2D eigenvalue weighted by Crippen LogP contribution is 2.24. The molecule has 2 atom stereocenters. The predicted octanol–water partition coefficient (Wildman–Crippen LogP) is 1.23. The molecule has 1 saturated carbocycles. The molecule has 3 rings (SSSR count). The lowest BCUT2D eigenvalue weighted by molar-refractivity contribution is 0.0784. The van der Waals surface area contributed by atoms with Crippen molar-refractivity contribution in [2.75, 3.05) is 13.1 Å². The smallest absolute Gasteiger partial charge is 0.223 e. The van der Waals surface area contributed by atoms with Crippen LogP contribution < -0.4 is 16.8 Å². The van der Waals surface area contributed by atoms with Crippen LogP contribution in [0.5, 0.6) is 0 Å². The lowest BCUT2D eigenvalue weighted by Gasteiger charge is -2.38. The zero-order valence-corrected chi connectivity index (χ0v) is 16.3. The minimum atomic E-state index is -0.215. The van der Waals surface area contributed by atoms with Crippen molar-refractivity contribution in [3.8, 4) is 0 Å². The Bertz CT molecular complexity index is 686. The number of aliphatic hydroxyl groups is 1. The third-order valence-electron chi connectivity index (χ3n) is 5.43. The third-order valence-corrected chi connectivity index (χ3v) is 5.43. The van der Waals surface area contributed by atoms with Crippen LogP contribution in [0.1, 0.15) is 57.2 Å². The molecule has 6 N–H and O–H groups in total. The Morgan fingerprint density at radius 3 is 2.52 bits per heavy atom. The van der Waals surface area contributed by atoms with Crippen LogP contribution >= 0.6 is 0 Å². The Labute approximate surface area is 160 Å². The number of nitrogens with zero attached hydrogens (tertiary/aromatic N) is 3. The summed E-state index contributed by atoms with van der Waals surface area (Å²) in [5.41, 5.74) is 13.7. The van der Waals surface area contributed by atoms with Crippen molar-refractivity contribution in [1.29, 1.82) is 0 Å². The van der Waals surface area contributed by atoms with Crippen LogP contribution in [-0.4, -0.2) is 51.4 Å². The summed E-state index contributed by atoms with van der Waals surface area (Å²) in [5, 5.41) is 17.8. The minimum Gasteiger partial charge on any atom is -0.402 e. The van der Waals surface area contributed by atoms with Crippen molar-refractivity contribution in [1.82, 2.24) is 20.4 Å². The van der Waals surface area contributed by atoms with Crippen LogP contribution in [0.2, 0.25) is 0 Å². The first-order valence-electron chi connectivity index (χ1n) is 9.87. The number of aryl methyl sites for hydroxylation is 1. The van der Waals surface area contributed by atoms with Crippen LogP contribution in [0.15, 0.2) is 22.1 Å². The van der Waals surface area contributed by atoms with E-state index in [0.717, 1.165) is 45.2 Å². The standard InChI is InChI=1S/C19H32N6O2/c1-12(20)11-15(19-22-13(2)27-24-19)18(21)25-9-7-14(8-10-25)23-16-5-3-4-6-17(16)26/h11,14,16-17,23,26H,3-10,20-21H2,1-2H3/b12-11-,18-15-/t16?,17-/m0/s1. The van der Waals surface area contributed by atoms with Crippen LogP contribution in [0.3, 0.4) is 0 Å². The minimum absolute atomic E-state index is 0.215. The molecule has 2 aliphatic rings. The first kappa shape index (κ1) is 19.7. The van der Waals surface area contributed by atoms with E-state index in [1.165, 1.54) is 6.42 Å². The number of rotatable bonds is 5. The fraction of sp³-hybridized carbons (Fsp3) is 0.684. The van der Waals surface area contributed by atoms with E-state index < -0.39 is 0 Å². The maximum atomic E-state index is 10.2. The molecule has 2 heterocycles. The van der Waals surface area contributed by atoms with E-state index in [1.807, 2.05) is 6.92 Å². The molecule has 1 saturated heterocycles. The molecule has 2 fully saturated rings. The molecule has 0 amide bonds. The van der Waals surface area contributed by atoms with Gasteiger partial charge in [0.1, 0.15) is 5.82 Å². The van der Waals surface area contributed by atoms with Gasteiger partial charge in [0.2, 0.25) is 11.7 Å². The second-order valence-corrected chi connectivity index (χ2v) is 7.71. The van der Waals surface area contributed by atoms with Gasteiger partial charge in [-0.3, -0.25) is 0 Å². The number of piperidine rings is 1. The number of hydrogen-bond acceptors (Lipinski definition) is 8. The average molecular weight is 377 g/mol. The maximum Gasteiger partial charge on any atom is 0.223 e. The number of aromatic nitrogens is 2. The highest BCUT2D eigenvalue weighted by Gasteiger charge is 2.28. The average Bonchev–Trinajstić information content (AvgIpc) is 3.08. The molecule has 1 aliphatic carbocycles. The monoisotopic (exact) mass is 376 g/mol. The van der Waals surface area contributed by atoms with Gasteiger partial charge in [-0.2, -0.15) is 4.98 Å². The number of allylic oxidation sites excluding steroid dienone is 3. The summed E-state index contributed by atoms with van der Waals surface area (Å²) in [6, 6.07) is 0.637. The molecule has 8 heteroatoms. The summed E-state index contributed by atoms with van der Waals surface area (Å²) in [6.07, 6.45) is 7.83. The van der Waals surface area contributed by atoms with Gasteiger partial charge < -0.3 is 31.3 Å². The Kier molecular flexibility index (Phi) is 6.38. The van der Waals surface area contributed by atoms with Crippen molar-refractivity contribution in [3.05, 3.63) is 29.3 Å². The van der Waals surface area contributed by atoms with E-state index >= 15 is 0 Å². The van der Waals surface area contributed by atoms with E-state index in [-0.39, 0.29) is 12.1 Å². The molecule has 0 aromatic carbocycles. The van der Waals surface area contributed by atoms with Gasteiger partial charge in [0.05, 0.1) is 11.7 Å². The topological polar surface area (TPSA) is 126 Å². The Morgan fingerprint density at radius 1 is 1.22 bits per heavy atom. The van der Waals surface area contributed by atoms with E-state index in [9.17, 15) is 5.11 Å². The van der Waals surface area contributed by atoms with Gasteiger partial charge in [-0.25, -0.2) is 0 Å². The van der Waals surface area contributed by atoms with Crippen LogP contribution in [0.25, 0.3) is 5.57 Å². The van der Waals surface area contributed by atoms with Gasteiger partial charge in [0.15, 0.2) is 0 Å². The maximum absolute atomic E-state index is 10.2. The molecule has 0 spiro atoms. The van der Waals surface area contributed by atoms with Gasteiger partial charge in [0.25, 0.3) is 0 Å². The van der Waals surface area contributed by atoms with Gasteiger partial charge in [-0.1, -0.05) is 18.0 Å². The Morgan fingerprint density at radius 2 is 1.93 bits per heavy atom. The zero-order valence-electron chi connectivity index (χ0n) is 16.3. The fourth-order valence-corrected chi connectivity index (χ4v) is 3.96. The van der Waals surface area contributed by atoms with Gasteiger partial charge in [-0.05, 0) is 38.7 Å². The molecule has 1 aromatic heterocycles. The molecule has 1 aromatic rings. The van der Waals surface area contributed by atoms with E-state index in [2.05, 4.69) is 20.4 Å². The van der Waals surface area contributed by atoms with Crippen molar-refractivity contribution in [3.63, 3.8) is 0 Å². The summed E-state index contributed by atoms with van der Waals surface area (Å²) in [5.74, 6) is 1.57. The molecule has 0 bridgehead atoms. The van der Waals surface area contributed by atoms with Crippen molar-refractivity contribution in [2.45, 2.75) is 70.6 Å². The number of nitrogens with one attached hydrogen (secondary N) is 1. The number of likely N-dealkylation sites (tertiary alicyclic amines) is 1. The van der Waals surface area contributed by atoms with E-state index in [0.29, 0.717) is 34.8 Å². The molecule has 1 aliphatic heterocycles. The second-order valence-electron chi connectivity index (χ2n) is 7.71. The second kappa shape index (κ2) is 8.75.